The maximum Gasteiger partial charge on any atom is 0.265 e. The number of carbonyl (C=O) groups is 1. The number of hydrogen-bond donors (Lipinski definition) is 1. The molecule has 0 aromatic heterocycles. The molecule has 7 heteroatoms. The van der Waals surface area contributed by atoms with Gasteiger partial charge in [-0.15, -0.1) is 0 Å². The minimum Gasteiger partial charge on any atom is -0.479 e. The predicted molar refractivity (Wildman–Crippen MR) is 94.3 cm³/mol. The molecular formula is C15H11BrCl3NO2. The van der Waals surface area contributed by atoms with Crippen molar-refractivity contribution in [2.24, 2.45) is 0 Å². The van der Waals surface area contributed by atoms with Crippen LogP contribution in [-0.4, -0.2) is 12.0 Å². The van der Waals surface area contributed by atoms with Crippen LogP contribution in [0.2, 0.25) is 15.1 Å². The monoisotopic (exact) mass is 421 g/mol. The summed E-state index contributed by atoms with van der Waals surface area (Å²) in [7, 11) is 0. The molecule has 0 saturated heterocycles. The highest BCUT2D eigenvalue weighted by Gasteiger charge is 2.17. The lowest BCUT2D eigenvalue weighted by molar-refractivity contribution is -0.122. The molecule has 0 aliphatic carbocycles. The zero-order valence-electron chi connectivity index (χ0n) is 11.4. The predicted octanol–water partition coefficient (Wildman–Crippen LogP) is 5.82. The molecule has 2 aromatic rings. The average Bonchev–Trinajstić information content (AvgIpc) is 2.44. The van der Waals surface area contributed by atoms with Crippen molar-refractivity contribution >= 4 is 62.3 Å². The largest absolute Gasteiger partial charge is 0.479 e. The van der Waals surface area contributed by atoms with E-state index in [4.69, 9.17) is 39.5 Å². The third kappa shape index (κ3) is 4.53. The lowest BCUT2D eigenvalue weighted by Gasteiger charge is -2.16. The molecule has 0 aliphatic rings. The van der Waals surface area contributed by atoms with E-state index in [1.807, 2.05) is 0 Å². The molecule has 116 valence electrons. The molecule has 2 aromatic carbocycles. The van der Waals surface area contributed by atoms with Crippen molar-refractivity contribution in [2.45, 2.75) is 13.0 Å². The number of rotatable bonds is 4. The molecule has 2 rings (SSSR count). The Morgan fingerprint density at radius 1 is 1.14 bits per heavy atom. The van der Waals surface area contributed by atoms with E-state index in [1.165, 1.54) is 0 Å². The van der Waals surface area contributed by atoms with Crippen LogP contribution in [0.15, 0.2) is 40.9 Å². The summed E-state index contributed by atoms with van der Waals surface area (Å²) in [5.74, 6) is 0.0471. The first-order valence-electron chi connectivity index (χ1n) is 6.24. The van der Waals surface area contributed by atoms with Crippen LogP contribution in [-0.2, 0) is 4.79 Å². The van der Waals surface area contributed by atoms with Crippen LogP contribution in [0.1, 0.15) is 6.92 Å². The lowest BCUT2D eigenvalue weighted by Crippen LogP contribution is -2.30. The maximum atomic E-state index is 12.2. The Hall–Kier alpha value is -0.940. The standard InChI is InChI=1S/C15H11BrCl3NO2/c1-8(22-14-5-3-10(17)7-12(14)19)15(21)20-13-4-2-9(16)6-11(13)18/h2-8H,1H3,(H,20,21)/t8-/m1/s1. The van der Waals surface area contributed by atoms with Crippen molar-refractivity contribution in [3.8, 4) is 5.75 Å². The first-order chi connectivity index (χ1) is 10.4. The highest BCUT2D eigenvalue weighted by atomic mass is 79.9. The van der Waals surface area contributed by atoms with Gasteiger partial charge in [-0.25, -0.2) is 0 Å². The van der Waals surface area contributed by atoms with Gasteiger partial charge in [-0.2, -0.15) is 0 Å². The van der Waals surface area contributed by atoms with Gasteiger partial charge in [0.15, 0.2) is 6.10 Å². The molecule has 0 bridgehead atoms. The summed E-state index contributed by atoms with van der Waals surface area (Å²) in [5.41, 5.74) is 0.507. The van der Waals surface area contributed by atoms with Crippen LogP contribution in [0, 0.1) is 0 Å². The van der Waals surface area contributed by atoms with Crippen molar-refractivity contribution in [3.05, 3.63) is 55.9 Å². The van der Waals surface area contributed by atoms with E-state index in [0.29, 0.717) is 26.5 Å². The van der Waals surface area contributed by atoms with Gasteiger partial charge in [-0.1, -0.05) is 50.7 Å². The van der Waals surface area contributed by atoms with Crippen LogP contribution < -0.4 is 10.1 Å². The van der Waals surface area contributed by atoms with Crippen LogP contribution in [0.3, 0.4) is 0 Å². The summed E-state index contributed by atoms with van der Waals surface area (Å²) in [6.07, 6.45) is -0.751. The van der Waals surface area contributed by atoms with E-state index < -0.39 is 6.10 Å². The third-order valence-corrected chi connectivity index (χ3v) is 4.09. The molecule has 1 amide bonds. The first kappa shape index (κ1) is 17.4. The SMILES string of the molecule is C[C@@H](Oc1ccc(Cl)cc1Cl)C(=O)Nc1ccc(Br)cc1Cl. The number of anilines is 1. The summed E-state index contributed by atoms with van der Waals surface area (Å²) in [6.45, 7) is 1.62. The Kier molecular flexibility index (Phi) is 5.98. The number of ether oxygens (including phenoxy) is 1. The number of nitrogens with one attached hydrogen (secondary N) is 1. The van der Waals surface area contributed by atoms with E-state index in [1.54, 1.807) is 43.3 Å². The minimum absolute atomic E-state index is 0.338. The van der Waals surface area contributed by atoms with E-state index in [0.717, 1.165) is 4.47 Å². The van der Waals surface area contributed by atoms with Crippen LogP contribution in [0.25, 0.3) is 0 Å². The minimum atomic E-state index is -0.751. The van der Waals surface area contributed by atoms with Gasteiger partial charge in [-0.3, -0.25) is 4.79 Å². The van der Waals surface area contributed by atoms with Crippen molar-refractivity contribution in [1.29, 1.82) is 0 Å². The summed E-state index contributed by atoms with van der Waals surface area (Å²) in [4.78, 5) is 12.2. The van der Waals surface area contributed by atoms with Crippen LogP contribution in [0.5, 0.6) is 5.75 Å². The zero-order valence-corrected chi connectivity index (χ0v) is 15.2. The van der Waals surface area contributed by atoms with Crippen molar-refractivity contribution in [2.75, 3.05) is 5.32 Å². The van der Waals surface area contributed by atoms with Crippen molar-refractivity contribution in [3.63, 3.8) is 0 Å². The van der Waals surface area contributed by atoms with Gasteiger partial charge in [-0.05, 0) is 43.3 Å². The molecule has 22 heavy (non-hydrogen) atoms. The number of amides is 1. The fraction of sp³-hybridized carbons (Fsp3) is 0.133. The molecule has 0 aliphatic heterocycles. The normalized spacial score (nSPS) is 11.9. The Bertz CT molecular complexity index is 709. The van der Waals surface area contributed by atoms with Crippen molar-refractivity contribution < 1.29 is 9.53 Å². The van der Waals surface area contributed by atoms with E-state index in [9.17, 15) is 4.79 Å². The maximum absolute atomic E-state index is 12.2. The Morgan fingerprint density at radius 3 is 2.50 bits per heavy atom. The van der Waals surface area contributed by atoms with Crippen molar-refractivity contribution in [1.82, 2.24) is 0 Å². The molecule has 3 nitrogen and oxygen atoms in total. The van der Waals surface area contributed by atoms with Gasteiger partial charge in [0.1, 0.15) is 5.75 Å². The first-order valence-corrected chi connectivity index (χ1v) is 8.17. The van der Waals surface area contributed by atoms with E-state index >= 15 is 0 Å². The highest BCUT2D eigenvalue weighted by molar-refractivity contribution is 9.10. The van der Waals surface area contributed by atoms with E-state index in [2.05, 4.69) is 21.2 Å². The van der Waals surface area contributed by atoms with Crippen LogP contribution >= 0.6 is 50.7 Å². The van der Waals surface area contributed by atoms with Gasteiger partial charge in [0, 0.05) is 9.50 Å². The Morgan fingerprint density at radius 2 is 1.86 bits per heavy atom. The molecule has 0 fully saturated rings. The zero-order chi connectivity index (χ0) is 16.3. The fourth-order valence-corrected chi connectivity index (χ4v) is 2.81. The molecule has 0 saturated carbocycles. The Balaban J connectivity index is 2.05. The highest BCUT2D eigenvalue weighted by Crippen LogP contribution is 2.29. The second kappa shape index (κ2) is 7.55. The molecular weight excluding hydrogens is 412 g/mol. The number of carbonyl (C=O) groups excluding carboxylic acids is 1. The molecule has 1 atom stereocenters. The number of halogens is 4. The molecule has 0 radical (unpaired) electrons. The second-order valence-corrected chi connectivity index (χ2v) is 6.61. The summed E-state index contributed by atoms with van der Waals surface area (Å²) >= 11 is 21.2. The summed E-state index contributed by atoms with van der Waals surface area (Å²) in [6, 6.07) is 9.98. The van der Waals surface area contributed by atoms with Crippen LogP contribution in [0.4, 0.5) is 5.69 Å². The number of benzene rings is 2. The average molecular weight is 424 g/mol. The number of hydrogen-bond acceptors (Lipinski definition) is 2. The van der Waals surface area contributed by atoms with Gasteiger partial charge < -0.3 is 10.1 Å². The summed E-state index contributed by atoms with van der Waals surface area (Å²) in [5, 5.41) is 3.97. The summed E-state index contributed by atoms with van der Waals surface area (Å²) < 4.78 is 6.37. The van der Waals surface area contributed by atoms with Gasteiger partial charge in [0.05, 0.1) is 15.7 Å². The van der Waals surface area contributed by atoms with Gasteiger partial charge in [0.2, 0.25) is 0 Å². The topological polar surface area (TPSA) is 38.3 Å². The second-order valence-electron chi connectivity index (χ2n) is 4.45. The fourth-order valence-electron chi connectivity index (χ4n) is 1.64. The quantitative estimate of drug-likeness (QED) is 0.673. The molecule has 0 unspecified atom stereocenters. The lowest BCUT2D eigenvalue weighted by atomic mass is 10.3. The third-order valence-electron chi connectivity index (χ3n) is 2.76. The smallest absolute Gasteiger partial charge is 0.265 e. The van der Waals surface area contributed by atoms with E-state index in [-0.39, 0.29) is 5.91 Å². The van der Waals surface area contributed by atoms with Gasteiger partial charge >= 0.3 is 0 Å². The Labute approximate surface area is 151 Å². The molecule has 0 heterocycles. The van der Waals surface area contributed by atoms with Gasteiger partial charge in [0.25, 0.3) is 5.91 Å². The molecule has 1 N–H and O–H groups in total. The molecule has 0 spiro atoms.